The van der Waals surface area contributed by atoms with Crippen LogP contribution < -0.4 is 22.1 Å². The minimum Gasteiger partial charge on any atom is -0.366 e. The number of anilines is 1. The van der Waals surface area contributed by atoms with Gasteiger partial charge < -0.3 is 22.1 Å². The molecule has 0 radical (unpaired) electrons. The van der Waals surface area contributed by atoms with E-state index in [1.165, 1.54) is 12.1 Å². The van der Waals surface area contributed by atoms with Crippen molar-refractivity contribution >= 4 is 23.4 Å². The summed E-state index contributed by atoms with van der Waals surface area (Å²) in [5, 5.41) is 5.05. The Morgan fingerprint density at radius 1 is 1.14 bits per heavy atom. The monoisotopic (exact) mass is 292 g/mol. The molecule has 114 valence electrons. The van der Waals surface area contributed by atoms with Crippen molar-refractivity contribution in [3.63, 3.8) is 0 Å². The zero-order valence-corrected chi connectivity index (χ0v) is 12.1. The van der Waals surface area contributed by atoms with E-state index in [4.69, 9.17) is 11.5 Å². The Kier molecular flexibility index (Phi) is 5.86. The highest BCUT2D eigenvalue weighted by Crippen LogP contribution is 2.08. The molecule has 6 N–H and O–H groups in total. The Hall–Kier alpha value is -2.41. The van der Waals surface area contributed by atoms with Crippen molar-refractivity contribution in [2.75, 3.05) is 11.9 Å². The molecule has 0 aromatic heterocycles. The van der Waals surface area contributed by atoms with Gasteiger partial charge in [-0.3, -0.25) is 14.4 Å². The highest BCUT2D eigenvalue weighted by Gasteiger charge is 2.17. The van der Waals surface area contributed by atoms with Crippen LogP contribution in [0.25, 0.3) is 0 Å². The van der Waals surface area contributed by atoms with Crippen LogP contribution in [0.15, 0.2) is 24.3 Å². The molecule has 0 aliphatic rings. The van der Waals surface area contributed by atoms with E-state index in [0.29, 0.717) is 11.3 Å². The molecular formula is C14H20N4O3. The summed E-state index contributed by atoms with van der Waals surface area (Å²) in [4.78, 5) is 34.2. The highest BCUT2D eigenvalue weighted by atomic mass is 16.2. The van der Waals surface area contributed by atoms with Crippen molar-refractivity contribution in [3.05, 3.63) is 29.8 Å². The fourth-order valence-corrected chi connectivity index (χ4v) is 1.51. The molecule has 0 saturated carbocycles. The van der Waals surface area contributed by atoms with E-state index in [1.54, 1.807) is 12.1 Å². The lowest BCUT2D eigenvalue weighted by Crippen LogP contribution is -2.46. The summed E-state index contributed by atoms with van der Waals surface area (Å²) in [5.41, 5.74) is 11.6. The smallest absolute Gasteiger partial charge is 0.248 e. The van der Waals surface area contributed by atoms with Crippen molar-refractivity contribution in [2.45, 2.75) is 19.9 Å². The predicted octanol–water partition coefficient (Wildman–Crippen LogP) is -0.176. The van der Waals surface area contributed by atoms with E-state index >= 15 is 0 Å². The molecule has 0 heterocycles. The van der Waals surface area contributed by atoms with E-state index in [2.05, 4.69) is 10.6 Å². The summed E-state index contributed by atoms with van der Waals surface area (Å²) in [6.07, 6.45) is 0. The van der Waals surface area contributed by atoms with Crippen LogP contribution in [0.4, 0.5) is 5.69 Å². The molecule has 0 fully saturated rings. The minimum atomic E-state index is -0.646. The number of nitrogens with two attached hydrogens (primary N) is 2. The first-order chi connectivity index (χ1) is 9.81. The summed E-state index contributed by atoms with van der Waals surface area (Å²) in [6, 6.07) is 5.48. The summed E-state index contributed by atoms with van der Waals surface area (Å²) < 4.78 is 0. The number of hydrogen-bond acceptors (Lipinski definition) is 4. The molecule has 0 bridgehead atoms. The predicted molar refractivity (Wildman–Crippen MR) is 79.4 cm³/mol. The molecular weight excluding hydrogens is 272 g/mol. The molecule has 1 aromatic rings. The summed E-state index contributed by atoms with van der Waals surface area (Å²) in [6.45, 7) is 3.48. The Morgan fingerprint density at radius 2 is 1.71 bits per heavy atom. The van der Waals surface area contributed by atoms with Crippen LogP contribution in [-0.4, -0.2) is 30.3 Å². The number of amides is 3. The Morgan fingerprint density at radius 3 is 2.19 bits per heavy atom. The third-order valence-electron chi connectivity index (χ3n) is 2.90. The van der Waals surface area contributed by atoms with Gasteiger partial charge in [0.25, 0.3) is 0 Å². The van der Waals surface area contributed by atoms with E-state index < -0.39 is 11.9 Å². The standard InChI is InChI=1S/C14H20N4O3/c1-8(2)12(15)14(21)17-7-11(19)18-10-5-3-9(4-6-10)13(16)20/h3-6,8,12H,7,15H2,1-2H3,(H2,16,20)(H,17,21)(H,18,19)/t12-/m0/s1. The van der Waals surface area contributed by atoms with Crippen LogP contribution in [-0.2, 0) is 9.59 Å². The number of hydrogen-bond donors (Lipinski definition) is 4. The third-order valence-corrected chi connectivity index (χ3v) is 2.90. The molecule has 21 heavy (non-hydrogen) atoms. The topological polar surface area (TPSA) is 127 Å². The maximum absolute atomic E-state index is 11.7. The van der Waals surface area contributed by atoms with Gasteiger partial charge in [0, 0.05) is 11.3 Å². The van der Waals surface area contributed by atoms with Gasteiger partial charge in [-0.25, -0.2) is 0 Å². The van der Waals surface area contributed by atoms with Crippen molar-refractivity contribution in [1.29, 1.82) is 0 Å². The number of benzene rings is 1. The van der Waals surface area contributed by atoms with Crippen molar-refractivity contribution in [1.82, 2.24) is 5.32 Å². The molecule has 1 atom stereocenters. The summed E-state index contributed by atoms with van der Waals surface area (Å²) in [7, 11) is 0. The van der Waals surface area contributed by atoms with Crippen LogP contribution in [0, 0.1) is 5.92 Å². The number of carbonyl (C=O) groups is 3. The number of carbonyl (C=O) groups excluding carboxylic acids is 3. The van der Waals surface area contributed by atoms with Crippen LogP contribution in [0.5, 0.6) is 0 Å². The second kappa shape index (κ2) is 7.39. The maximum Gasteiger partial charge on any atom is 0.248 e. The molecule has 0 aliphatic carbocycles. The molecule has 7 heteroatoms. The number of nitrogens with one attached hydrogen (secondary N) is 2. The first-order valence-electron chi connectivity index (χ1n) is 6.54. The molecule has 0 spiro atoms. The third kappa shape index (κ3) is 5.23. The van der Waals surface area contributed by atoms with Crippen LogP contribution in [0.1, 0.15) is 24.2 Å². The minimum absolute atomic E-state index is 0.00518. The molecule has 1 rings (SSSR count). The van der Waals surface area contributed by atoms with Gasteiger partial charge in [-0.2, -0.15) is 0 Å². The number of rotatable bonds is 6. The van der Waals surface area contributed by atoms with Gasteiger partial charge in [0.2, 0.25) is 17.7 Å². The zero-order chi connectivity index (χ0) is 16.0. The first-order valence-corrected chi connectivity index (χ1v) is 6.54. The van der Waals surface area contributed by atoms with Crippen molar-refractivity contribution in [2.24, 2.45) is 17.4 Å². The lowest BCUT2D eigenvalue weighted by molar-refractivity contribution is -0.125. The quantitative estimate of drug-likeness (QED) is 0.580. The largest absolute Gasteiger partial charge is 0.366 e. The van der Waals surface area contributed by atoms with Crippen molar-refractivity contribution in [3.8, 4) is 0 Å². The second-order valence-corrected chi connectivity index (χ2v) is 4.98. The van der Waals surface area contributed by atoms with Crippen LogP contribution >= 0.6 is 0 Å². The van der Waals surface area contributed by atoms with E-state index in [9.17, 15) is 14.4 Å². The lowest BCUT2D eigenvalue weighted by Gasteiger charge is -2.15. The van der Waals surface area contributed by atoms with E-state index in [1.807, 2.05) is 13.8 Å². The second-order valence-electron chi connectivity index (χ2n) is 4.98. The number of primary amides is 1. The van der Waals surface area contributed by atoms with Gasteiger partial charge in [0.1, 0.15) is 0 Å². The first kappa shape index (κ1) is 16.6. The van der Waals surface area contributed by atoms with Gasteiger partial charge in [-0.15, -0.1) is 0 Å². The SMILES string of the molecule is CC(C)[C@H](N)C(=O)NCC(=O)Nc1ccc(C(N)=O)cc1. The zero-order valence-electron chi connectivity index (χ0n) is 12.1. The van der Waals surface area contributed by atoms with Gasteiger partial charge in [0.05, 0.1) is 12.6 Å². The molecule has 7 nitrogen and oxygen atoms in total. The highest BCUT2D eigenvalue weighted by molar-refractivity contribution is 5.96. The van der Waals surface area contributed by atoms with Gasteiger partial charge in [-0.05, 0) is 30.2 Å². The Labute approximate surface area is 123 Å². The fourth-order valence-electron chi connectivity index (χ4n) is 1.51. The molecule has 0 aliphatic heterocycles. The van der Waals surface area contributed by atoms with E-state index in [-0.39, 0.29) is 24.3 Å². The summed E-state index contributed by atoms with van der Waals surface area (Å²) in [5.74, 6) is -1.30. The lowest BCUT2D eigenvalue weighted by atomic mass is 10.1. The maximum atomic E-state index is 11.7. The fraction of sp³-hybridized carbons (Fsp3) is 0.357. The van der Waals surface area contributed by atoms with Crippen molar-refractivity contribution < 1.29 is 14.4 Å². The Balaban J connectivity index is 2.47. The van der Waals surface area contributed by atoms with Crippen LogP contribution in [0.2, 0.25) is 0 Å². The average molecular weight is 292 g/mol. The van der Waals surface area contributed by atoms with Gasteiger partial charge >= 0.3 is 0 Å². The Bertz CT molecular complexity index is 526. The normalized spacial score (nSPS) is 11.8. The average Bonchev–Trinajstić information content (AvgIpc) is 2.44. The van der Waals surface area contributed by atoms with Crippen LogP contribution in [0.3, 0.4) is 0 Å². The summed E-state index contributed by atoms with van der Waals surface area (Å²) >= 11 is 0. The van der Waals surface area contributed by atoms with Gasteiger partial charge in [-0.1, -0.05) is 13.8 Å². The van der Waals surface area contributed by atoms with E-state index in [0.717, 1.165) is 0 Å². The molecule has 1 aromatic carbocycles. The van der Waals surface area contributed by atoms with Gasteiger partial charge in [0.15, 0.2) is 0 Å². The molecule has 3 amide bonds. The molecule has 0 saturated heterocycles. The molecule has 0 unspecified atom stereocenters.